The zero-order valence-corrected chi connectivity index (χ0v) is 14.9. The molecular weight excluding hydrogens is 341 g/mol. The summed E-state index contributed by atoms with van der Waals surface area (Å²) in [6.45, 7) is 6.18. The Hall–Kier alpha value is -2.48. The van der Waals surface area contributed by atoms with E-state index < -0.39 is 0 Å². The van der Waals surface area contributed by atoms with Crippen molar-refractivity contribution in [3.05, 3.63) is 46.5 Å². The zero-order chi connectivity index (χ0) is 17.6. The minimum absolute atomic E-state index is 0.0144. The van der Waals surface area contributed by atoms with Gasteiger partial charge in [0.05, 0.1) is 5.69 Å². The Morgan fingerprint density at radius 3 is 2.52 bits per heavy atom. The molecule has 25 heavy (non-hydrogen) atoms. The number of carbonyl (C=O) groups excluding carboxylic acids is 1. The van der Waals surface area contributed by atoms with E-state index in [0.717, 1.165) is 16.5 Å². The van der Waals surface area contributed by atoms with Crippen molar-refractivity contribution in [3.63, 3.8) is 0 Å². The molecule has 8 heteroatoms. The number of fused-ring (bicyclic) bond motifs is 1. The number of halogens is 1. The summed E-state index contributed by atoms with van der Waals surface area (Å²) < 4.78 is 15.8. The van der Waals surface area contributed by atoms with Crippen LogP contribution in [0.3, 0.4) is 0 Å². The lowest BCUT2D eigenvalue weighted by atomic mass is 10.2. The molecule has 0 saturated carbocycles. The van der Waals surface area contributed by atoms with Crippen LogP contribution in [0.5, 0.6) is 0 Å². The monoisotopic (exact) mass is 359 g/mol. The van der Waals surface area contributed by atoms with Gasteiger partial charge >= 0.3 is 0 Å². The standard InChI is InChI=1S/C17H18FN5OS/c1-11-15(25-17-20-19-12(2)23(11)17)16(24)22-9-7-21(8-10-22)14-6-4-3-5-13(14)18/h3-6H,7-10H2,1-2H3. The van der Waals surface area contributed by atoms with Gasteiger partial charge in [-0.3, -0.25) is 9.20 Å². The van der Waals surface area contributed by atoms with Crippen molar-refractivity contribution >= 4 is 27.9 Å². The molecule has 1 aliphatic heterocycles. The van der Waals surface area contributed by atoms with Crippen LogP contribution < -0.4 is 4.90 Å². The highest BCUT2D eigenvalue weighted by molar-refractivity contribution is 7.19. The van der Waals surface area contributed by atoms with Gasteiger partial charge in [0.2, 0.25) is 4.96 Å². The molecule has 0 unspecified atom stereocenters. The van der Waals surface area contributed by atoms with Gasteiger partial charge in [-0.2, -0.15) is 0 Å². The van der Waals surface area contributed by atoms with Gasteiger partial charge in [-0.05, 0) is 26.0 Å². The Balaban J connectivity index is 1.51. The van der Waals surface area contributed by atoms with Crippen LogP contribution in [-0.2, 0) is 0 Å². The molecule has 4 rings (SSSR count). The third-order valence-corrected chi connectivity index (χ3v) is 5.73. The predicted molar refractivity (Wildman–Crippen MR) is 94.9 cm³/mol. The van der Waals surface area contributed by atoms with Crippen molar-refractivity contribution in [2.45, 2.75) is 13.8 Å². The second kappa shape index (κ2) is 6.11. The molecule has 3 heterocycles. The molecule has 6 nitrogen and oxygen atoms in total. The highest BCUT2D eigenvalue weighted by Gasteiger charge is 2.27. The summed E-state index contributed by atoms with van der Waals surface area (Å²) in [6, 6.07) is 6.76. The number of anilines is 1. The number of para-hydroxylation sites is 1. The van der Waals surface area contributed by atoms with E-state index in [0.29, 0.717) is 36.7 Å². The molecule has 3 aromatic rings. The van der Waals surface area contributed by atoms with Crippen LogP contribution in [0.1, 0.15) is 21.2 Å². The first-order chi connectivity index (χ1) is 12.1. The molecule has 1 fully saturated rings. The van der Waals surface area contributed by atoms with Gasteiger partial charge in [-0.25, -0.2) is 4.39 Å². The number of carbonyl (C=O) groups is 1. The first-order valence-corrected chi connectivity index (χ1v) is 8.98. The van der Waals surface area contributed by atoms with Crippen LogP contribution in [0.2, 0.25) is 0 Å². The molecule has 0 spiro atoms. The van der Waals surface area contributed by atoms with Crippen molar-refractivity contribution in [2.75, 3.05) is 31.1 Å². The zero-order valence-electron chi connectivity index (χ0n) is 14.1. The third kappa shape index (κ3) is 2.66. The second-order valence-corrected chi connectivity index (χ2v) is 7.09. The van der Waals surface area contributed by atoms with Gasteiger partial charge in [0.1, 0.15) is 16.5 Å². The van der Waals surface area contributed by atoms with E-state index >= 15 is 0 Å². The lowest BCUT2D eigenvalue weighted by molar-refractivity contribution is 0.0750. The fraction of sp³-hybridized carbons (Fsp3) is 0.353. The van der Waals surface area contributed by atoms with Gasteiger partial charge in [0.15, 0.2) is 0 Å². The van der Waals surface area contributed by atoms with Crippen molar-refractivity contribution in [1.29, 1.82) is 0 Å². The molecule has 1 saturated heterocycles. The van der Waals surface area contributed by atoms with Gasteiger partial charge in [-0.15, -0.1) is 10.2 Å². The van der Waals surface area contributed by atoms with Crippen LogP contribution in [0, 0.1) is 19.7 Å². The molecule has 0 N–H and O–H groups in total. The van der Waals surface area contributed by atoms with Gasteiger partial charge in [0.25, 0.3) is 5.91 Å². The van der Waals surface area contributed by atoms with E-state index in [9.17, 15) is 9.18 Å². The fourth-order valence-electron chi connectivity index (χ4n) is 3.26. The Kier molecular flexibility index (Phi) is 3.91. The summed E-state index contributed by atoms with van der Waals surface area (Å²) in [6.07, 6.45) is 0. The Morgan fingerprint density at radius 2 is 1.84 bits per heavy atom. The number of rotatable bonds is 2. The number of amides is 1. The summed E-state index contributed by atoms with van der Waals surface area (Å²) in [5.41, 5.74) is 1.48. The Bertz CT molecular complexity index is 942. The number of benzene rings is 1. The van der Waals surface area contributed by atoms with E-state index in [-0.39, 0.29) is 11.7 Å². The number of aromatic nitrogens is 3. The molecule has 1 amide bonds. The largest absolute Gasteiger partial charge is 0.366 e. The van der Waals surface area contributed by atoms with E-state index in [1.165, 1.54) is 17.4 Å². The number of piperazine rings is 1. The maximum atomic E-state index is 13.9. The maximum Gasteiger partial charge on any atom is 0.265 e. The second-order valence-electron chi connectivity index (χ2n) is 6.11. The Morgan fingerprint density at radius 1 is 1.12 bits per heavy atom. The summed E-state index contributed by atoms with van der Waals surface area (Å²) in [5.74, 6) is 0.577. The number of hydrogen-bond acceptors (Lipinski definition) is 5. The first-order valence-electron chi connectivity index (χ1n) is 8.16. The molecular formula is C17H18FN5OS. The average molecular weight is 359 g/mol. The minimum atomic E-state index is -0.222. The lowest BCUT2D eigenvalue weighted by Crippen LogP contribution is -2.49. The molecule has 130 valence electrons. The number of aryl methyl sites for hydroxylation is 2. The molecule has 2 aromatic heterocycles. The molecule has 1 aliphatic rings. The molecule has 0 bridgehead atoms. The van der Waals surface area contributed by atoms with Gasteiger partial charge < -0.3 is 9.80 Å². The quantitative estimate of drug-likeness (QED) is 0.706. The highest BCUT2D eigenvalue weighted by Crippen LogP contribution is 2.26. The van der Waals surface area contributed by atoms with Crippen molar-refractivity contribution < 1.29 is 9.18 Å². The summed E-state index contributed by atoms with van der Waals surface area (Å²) in [7, 11) is 0. The topological polar surface area (TPSA) is 53.7 Å². The van der Waals surface area contributed by atoms with E-state index in [4.69, 9.17) is 0 Å². The SMILES string of the molecule is Cc1nnc2sc(C(=O)N3CCN(c4ccccc4F)CC3)c(C)n12. The normalized spacial score (nSPS) is 15.2. The smallest absolute Gasteiger partial charge is 0.265 e. The van der Waals surface area contributed by atoms with E-state index in [1.54, 1.807) is 12.1 Å². The molecule has 1 aromatic carbocycles. The van der Waals surface area contributed by atoms with Gasteiger partial charge in [0, 0.05) is 31.9 Å². The fourth-order valence-corrected chi connectivity index (χ4v) is 4.34. The van der Waals surface area contributed by atoms with E-state index in [1.807, 2.05) is 34.1 Å². The van der Waals surface area contributed by atoms with Crippen molar-refractivity contribution in [3.8, 4) is 0 Å². The summed E-state index contributed by atoms with van der Waals surface area (Å²) in [5, 5.41) is 8.14. The van der Waals surface area contributed by atoms with Crippen LogP contribution in [0.15, 0.2) is 24.3 Å². The Labute approximate surface area is 148 Å². The first kappa shape index (κ1) is 16.0. The number of nitrogens with zero attached hydrogens (tertiary/aromatic N) is 5. The summed E-state index contributed by atoms with van der Waals surface area (Å²) in [4.78, 5) is 18.2. The van der Waals surface area contributed by atoms with Crippen LogP contribution in [0.4, 0.5) is 10.1 Å². The minimum Gasteiger partial charge on any atom is -0.366 e. The van der Waals surface area contributed by atoms with Crippen LogP contribution in [0.25, 0.3) is 4.96 Å². The van der Waals surface area contributed by atoms with Crippen LogP contribution in [-0.4, -0.2) is 51.6 Å². The van der Waals surface area contributed by atoms with Gasteiger partial charge in [-0.1, -0.05) is 23.5 Å². The maximum absolute atomic E-state index is 13.9. The highest BCUT2D eigenvalue weighted by atomic mass is 32.1. The number of hydrogen-bond donors (Lipinski definition) is 0. The lowest BCUT2D eigenvalue weighted by Gasteiger charge is -2.36. The number of thiazole rings is 1. The van der Waals surface area contributed by atoms with Crippen molar-refractivity contribution in [2.24, 2.45) is 0 Å². The average Bonchev–Trinajstić information content (AvgIpc) is 3.15. The molecule has 0 radical (unpaired) electrons. The predicted octanol–water partition coefficient (Wildman–Crippen LogP) is 2.51. The van der Waals surface area contributed by atoms with Crippen LogP contribution >= 0.6 is 11.3 Å². The molecule has 0 atom stereocenters. The van der Waals surface area contributed by atoms with Crippen molar-refractivity contribution in [1.82, 2.24) is 19.5 Å². The third-order valence-electron chi connectivity index (χ3n) is 4.61. The summed E-state index contributed by atoms with van der Waals surface area (Å²) >= 11 is 1.37. The van der Waals surface area contributed by atoms with E-state index in [2.05, 4.69) is 10.2 Å². The molecule has 0 aliphatic carbocycles.